The van der Waals surface area contributed by atoms with Gasteiger partial charge in [0.05, 0.1) is 18.5 Å². The Labute approximate surface area is 237 Å². The number of nitrogens with one attached hydrogen (secondary N) is 3. The molecule has 14 nitrogen and oxygen atoms in total. The number of nitrogens with zero attached hydrogens (tertiary/aromatic N) is 6. The Morgan fingerprint density at radius 2 is 1.95 bits per heavy atom. The molecule has 15 heteroatoms. The Morgan fingerprint density at radius 3 is 2.62 bits per heavy atom. The first kappa shape index (κ1) is 28.2. The SMILES string of the molecule is CC(C)n1cc(C(=O)Nc2ccc(Oc3ccnc4[nH]nc(N[C@H](C)CO)c34)c(F)c2)c(=O)n(-c2cnn(C)c2)c1=O. The van der Waals surface area contributed by atoms with E-state index in [0.29, 0.717) is 16.9 Å². The van der Waals surface area contributed by atoms with Gasteiger partial charge in [0.1, 0.15) is 16.7 Å². The number of aryl methyl sites for hydroxylation is 1. The molecule has 218 valence electrons. The molecular formula is C27H28FN9O5. The summed E-state index contributed by atoms with van der Waals surface area (Å²) in [6.45, 7) is 5.10. The minimum atomic E-state index is -0.843. The zero-order valence-corrected chi connectivity index (χ0v) is 23.1. The number of aliphatic hydroxyl groups is 1. The second kappa shape index (κ2) is 11.3. The van der Waals surface area contributed by atoms with Gasteiger partial charge < -0.3 is 20.5 Å². The number of aromatic nitrogens is 7. The van der Waals surface area contributed by atoms with Crippen LogP contribution in [0.3, 0.4) is 0 Å². The molecule has 42 heavy (non-hydrogen) atoms. The van der Waals surface area contributed by atoms with Gasteiger partial charge in [-0.15, -0.1) is 0 Å². The van der Waals surface area contributed by atoms with Crippen molar-refractivity contribution < 1.29 is 19.0 Å². The fourth-order valence-corrected chi connectivity index (χ4v) is 4.22. The van der Waals surface area contributed by atoms with Gasteiger partial charge in [-0.1, -0.05) is 0 Å². The topological polar surface area (TPSA) is 174 Å². The third-order valence-electron chi connectivity index (χ3n) is 6.35. The van der Waals surface area contributed by atoms with Gasteiger partial charge in [0.25, 0.3) is 11.5 Å². The lowest BCUT2D eigenvalue weighted by Crippen LogP contribution is -2.42. The van der Waals surface area contributed by atoms with E-state index in [0.717, 1.165) is 10.6 Å². The highest BCUT2D eigenvalue weighted by Crippen LogP contribution is 2.34. The molecule has 0 fully saturated rings. The molecule has 0 saturated heterocycles. The van der Waals surface area contributed by atoms with Gasteiger partial charge in [-0.05, 0) is 32.9 Å². The van der Waals surface area contributed by atoms with Gasteiger partial charge in [0.15, 0.2) is 23.0 Å². The van der Waals surface area contributed by atoms with E-state index < -0.39 is 23.0 Å². The molecule has 0 radical (unpaired) electrons. The van der Waals surface area contributed by atoms with Crippen LogP contribution in [-0.2, 0) is 7.05 Å². The van der Waals surface area contributed by atoms with Crippen molar-refractivity contribution in [2.24, 2.45) is 7.05 Å². The average molecular weight is 578 g/mol. The number of benzene rings is 1. The van der Waals surface area contributed by atoms with Crippen LogP contribution >= 0.6 is 0 Å². The van der Waals surface area contributed by atoms with Crippen LogP contribution in [0.15, 0.2) is 58.6 Å². The van der Waals surface area contributed by atoms with Crippen LogP contribution in [0.5, 0.6) is 11.5 Å². The van der Waals surface area contributed by atoms with Crippen LogP contribution in [0.2, 0.25) is 0 Å². The number of rotatable bonds is 9. The van der Waals surface area contributed by atoms with Gasteiger partial charge in [0.2, 0.25) is 0 Å². The Balaban J connectivity index is 1.43. The quantitative estimate of drug-likeness (QED) is 0.205. The molecule has 4 heterocycles. The summed E-state index contributed by atoms with van der Waals surface area (Å²) in [7, 11) is 1.63. The van der Waals surface area contributed by atoms with E-state index in [2.05, 4.69) is 30.9 Å². The molecule has 0 spiro atoms. The molecule has 0 aliphatic heterocycles. The van der Waals surface area contributed by atoms with E-state index in [1.807, 2.05) is 0 Å². The molecule has 1 aromatic carbocycles. The molecule has 5 rings (SSSR count). The van der Waals surface area contributed by atoms with Gasteiger partial charge in [0, 0.05) is 55.5 Å². The first-order chi connectivity index (χ1) is 20.1. The first-order valence-corrected chi connectivity index (χ1v) is 12.9. The number of anilines is 2. The second-order valence-electron chi connectivity index (χ2n) is 9.87. The molecule has 0 saturated carbocycles. The summed E-state index contributed by atoms with van der Waals surface area (Å²) in [6, 6.07) is 4.65. The maximum Gasteiger partial charge on any atom is 0.336 e. The number of fused-ring (bicyclic) bond motifs is 1. The third kappa shape index (κ3) is 5.36. The third-order valence-corrected chi connectivity index (χ3v) is 6.35. The summed E-state index contributed by atoms with van der Waals surface area (Å²) in [5, 5.41) is 26.3. The van der Waals surface area contributed by atoms with E-state index in [-0.39, 0.29) is 47.1 Å². The van der Waals surface area contributed by atoms with Crippen molar-refractivity contribution in [3.63, 3.8) is 0 Å². The molecule has 0 bridgehead atoms. The zero-order valence-electron chi connectivity index (χ0n) is 23.1. The van der Waals surface area contributed by atoms with Crippen molar-refractivity contribution in [3.05, 3.63) is 81.3 Å². The number of hydrogen-bond donors (Lipinski definition) is 4. The summed E-state index contributed by atoms with van der Waals surface area (Å²) in [5.41, 5.74) is -1.13. The predicted octanol–water partition coefficient (Wildman–Crippen LogP) is 2.56. The van der Waals surface area contributed by atoms with Gasteiger partial charge in [-0.2, -0.15) is 10.2 Å². The number of aliphatic hydroxyl groups excluding tert-OH is 1. The molecule has 5 aromatic rings. The standard InChI is InChI=1S/C27H28FN9O5/c1-14(2)36-12-18(26(40)37(27(36)41)17-10-30-35(4)11-17)25(39)32-16-5-6-20(19(28)9-16)42-21-7-8-29-23-22(21)24(34-33-23)31-15(3)13-38/h5-12,14-15,38H,13H2,1-4H3,(H,32,39)(H2,29,31,33,34)/t15-/m1/s1. The number of aromatic amines is 1. The van der Waals surface area contributed by atoms with Crippen LogP contribution in [0.1, 0.15) is 37.2 Å². The normalized spacial score (nSPS) is 12.1. The van der Waals surface area contributed by atoms with E-state index in [1.54, 1.807) is 33.9 Å². The Hall–Kier alpha value is -5.31. The van der Waals surface area contributed by atoms with E-state index in [1.165, 1.54) is 46.2 Å². The number of hydrogen-bond acceptors (Lipinski definition) is 9. The number of carbonyl (C=O) groups excluding carboxylic acids is 1. The van der Waals surface area contributed by atoms with Crippen LogP contribution in [0, 0.1) is 5.82 Å². The smallest absolute Gasteiger partial charge is 0.336 e. The monoisotopic (exact) mass is 577 g/mol. The fourth-order valence-electron chi connectivity index (χ4n) is 4.22. The molecule has 4 N–H and O–H groups in total. The Morgan fingerprint density at radius 1 is 1.17 bits per heavy atom. The van der Waals surface area contributed by atoms with Gasteiger partial charge in [-0.3, -0.25) is 23.9 Å². The van der Waals surface area contributed by atoms with Crippen molar-refractivity contribution in [3.8, 4) is 17.2 Å². The number of H-pyrrole nitrogens is 1. The van der Waals surface area contributed by atoms with E-state index in [4.69, 9.17) is 4.74 Å². The number of ether oxygens (including phenoxy) is 1. The fraction of sp³-hybridized carbons (Fsp3) is 0.259. The lowest BCUT2D eigenvalue weighted by Gasteiger charge is -2.15. The van der Waals surface area contributed by atoms with E-state index in [9.17, 15) is 19.5 Å². The van der Waals surface area contributed by atoms with Crippen LogP contribution < -0.4 is 26.6 Å². The summed E-state index contributed by atoms with van der Waals surface area (Å²) >= 11 is 0. The zero-order chi connectivity index (χ0) is 30.1. The van der Waals surface area contributed by atoms with Gasteiger partial charge >= 0.3 is 5.69 Å². The number of halogens is 1. The minimum absolute atomic E-state index is 0.0572. The van der Waals surface area contributed by atoms with Crippen molar-refractivity contribution in [2.75, 3.05) is 17.2 Å². The number of pyridine rings is 1. The van der Waals surface area contributed by atoms with Crippen molar-refractivity contribution >= 4 is 28.4 Å². The highest BCUT2D eigenvalue weighted by molar-refractivity contribution is 6.04. The van der Waals surface area contributed by atoms with Crippen molar-refractivity contribution in [1.29, 1.82) is 0 Å². The molecule has 1 amide bonds. The Kier molecular flexibility index (Phi) is 7.58. The summed E-state index contributed by atoms with van der Waals surface area (Å²) in [5.74, 6) is -1.14. The average Bonchev–Trinajstić information content (AvgIpc) is 3.56. The predicted molar refractivity (Wildman–Crippen MR) is 152 cm³/mol. The summed E-state index contributed by atoms with van der Waals surface area (Å²) < 4.78 is 24.6. The molecular weight excluding hydrogens is 549 g/mol. The highest BCUT2D eigenvalue weighted by Gasteiger charge is 2.21. The minimum Gasteiger partial charge on any atom is -0.453 e. The largest absolute Gasteiger partial charge is 0.453 e. The molecule has 0 unspecified atom stereocenters. The lowest BCUT2D eigenvalue weighted by atomic mass is 10.2. The highest BCUT2D eigenvalue weighted by atomic mass is 19.1. The molecule has 0 aliphatic carbocycles. The Bertz CT molecular complexity index is 1910. The van der Waals surface area contributed by atoms with Gasteiger partial charge in [-0.25, -0.2) is 18.7 Å². The number of carbonyl (C=O) groups is 1. The van der Waals surface area contributed by atoms with Crippen LogP contribution in [0.4, 0.5) is 15.9 Å². The number of amides is 1. The maximum atomic E-state index is 15.2. The molecule has 4 aromatic heterocycles. The van der Waals surface area contributed by atoms with E-state index >= 15 is 4.39 Å². The summed E-state index contributed by atoms with van der Waals surface area (Å²) in [6.07, 6.45) is 5.48. The van der Waals surface area contributed by atoms with Crippen LogP contribution in [0.25, 0.3) is 16.7 Å². The lowest BCUT2D eigenvalue weighted by molar-refractivity contribution is 0.102. The second-order valence-corrected chi connectivity index (χ2v) is 9.87. The molecule has 0 aliphatic rings. The first-order valence-electron chi connectivity index (χ1n) is 12.9. The van der Waals surface area contributed by atoms with Crippen molar-refractivity contribution in [2.45, 2.75) is 32.9 Å². The maximum absolute atomic E-state index is 15.2. The van der Waals surface area contributed by atoms with Crippen molar-refractivity contribution in [1.82, 2.24) is 34.1 Å². The summed E-state index contributed by atoms with van der Waals surface area (Å²) in [4.78, 5) is 43.7. The van der Waals surface area contributed by atoms with Crippen LogP contribution in [-0.4, -0.2) is 57.8 Å². The molecule has 1 atom stereocenters.